The van der Waals surface area contributed by atoms with Crippen molar-refractivity contribution in [3.05, 3.63) is 101 Å². The largest absolute Gasteiger partial charge is 0.354 e. The average Bonchev–Trinajstić information content (AvgIpc) is 2.81. The number of aryl methyl sites for hydroxylation is 1. The molecule has 0 saturated carbocycles. The summed E-state index contributed by atoms with van der Waals surface area (Å²) in [7, 11) is 1.73. The van der Waals surface area contributed by atoms with Gasteiger partial charge >= 0.3 is 0 Å². The van der Waals surface area contributed by atoms with Gasteiger partial charge in [-0.2, -0.15) is 0 Å². The van der Waals surface area contributed by atoms with Crippen molar-refractivity contribution in [1.29, 1.82) is 0 Å². The standard InChI is InChI=1S/C26H27N5O/c1-18-7-6-10-21(15-18)23-24(20-11-13-28-14-12-20)30-26(31(2)25(23)32)29-17-22(27)16-19-8-4-3-5-9-19/h3-15,22H,16-17,27H2,1-2H3,(H,29,30)/t22-/m0/s1. The maximum absolute atomic E-state index is 13.5. The summed E-state index contributed by atoms with van der Waals surface area (Å²) in [6.07, 6.45) is 4.15. The van der Waals surface area contributed by atoms with Crippen LogP contribution in [0.3, 0.4) is 0 Å². The third-order valence-corrected chi connectivity index (χ3v) is 5.41. The molecule has 2 aromatic carbocycles. The van der Waals surface area contributed by atoms with Gasteiger partial charge in [0.05, 0.1) is 11.3 Å². The fraction of sp³-hybridized carbons (Fsp3) is 0.192. The fourth-order valence-corrected chi connectivity index (χ4v) is 3.75. The summed E-state index contributed by atoms with van der Waals surface area (Å²) >= 11 is 0. The first kappa shape index (κ1) is 21.5. The van der Waals surface area contributed by atoms with Crippen LogP contribution in [-0.4, -0.2) is 27.1 Å². The molecule has 2 aromatic heterocycles. The third-order valence-electron chi connectivity index (χ3n) is 5.41. The van der Waals surface area contributed by atoms with Crippen molar-refractivity contribution < 1.29 is 0 Å². The van der Waals surface area contributed by atoms with Gasteiger partial charge in [-0.3, -0.25) is 14.3 Å². The SMILES string of the molecule is Cc1cccc(-c2c(-c3ccncc3)nc(NC[C@@H](N)Cc3ccccc3)n(C)c2=O)c1. The van der Waals surface area contributed by atoms with E-state index in [1.807, 2.05) is 61.5 Å². The molecule has 6 nitrogen and oxygen atoms in total. The monoisotopic (exact) mass is 425 g/mol. The lowest BCUT2D eigenvalue weighted by Crippen LogP contribution is -2.34. The minimum Gasteiger partial charge on any atom is -0.354 e. The molecule has 3 N–H and O–H groups in total. The zero-order valence-corrected chi connectivity index (χ0v) is 18.3. The first-order valence-corrected chi connectivity index (χ1v) is 10.6. The number of nitrogens with one attached hydrogen (secondary N) is 1. The van der Waals surface area contributed by atoms with Crippen molar-refractivity contribution in [2.75, 3.05) is 11.9 Å². The summed E-state index contributed by atoms with van der Waals surface area (Å²) < 4.78 is 1.55. The van der Waals surface area contributed by atoms with Gasteiger partial charge in [0.15, 0.2) is 0 Å². The molecule has 4 aromatic rings. The van der Waals surface area contributed by atoms with Crippen LogP contribution in [0.15, 0.2) is 83.9 Å². The normalized spacial score (nSPS) is 11.8. The molecule has 0 spiro atoms. The van der Waals surface area contributed by atoms with Crippen LogP contribution in [-0.2, 0) is 13.5 Å². The third kappa shape index (κ3) is 4.76. The number of nitrogens with two attached hydrogens (primary N) is 1. The highest BCUT2D eigenvalue weighted by molar-refractivity contribution is 5.81. The lowest BCUT2D eigenvalue weighted by Gasteiger charge is -2.18. The minimum absolute atomic E-state index is 0.114. The number of anilines is 1. The Labute approximate surface area is 187 Å². The summed E-state index contributed by atoms with van der Waals surface area (Å²) in [5.41, 5.74) is 11.4. The topological polar surface area (TPSA) is 85.8 Å². The van der Waals surface area contributed by atoms with Crippen LogP contribution in [0.1, 0.15) is 11.1 Å². The summed E-state index contributed by atoms with van der Waals surface area (Å²) in [5.74, 6) is 0.488. The van der Waals surface area contributed by atoms with Crippen LogP contribution in [0.5, 0.6) is 0 Å². The highest BCUT2D eigenvalue weighted by Gasteiger charge is 2.18. The molecule has 32 heavy (non-hydrogen) atoms. The molecule has 1 atom stereocenters. The van der Waals surface area contributed by atoms with Gasteiger partial charge in [0, 0.05) is 37.6 Å². The lowest BCUT2D eigenvalue weighted by atomic mass is 9.99. The van der Waals surface area contributed by atoms with Crippen molar-refractivity contribution in [2.24, 2.45) is 12.8 Å². The van der Waals surface area contributed by atoms with Crippen LogP contribution in [0, 0.1) is 6.92 Å². The van der Waals surface area contributed by atoms with Gasteiger partial charge in [-0.25, -0.2) is 4.98 Å². The number of hydrogen-bond donors (Lipinski definition) is 2. The molecule has 4 rings (SSSR count). The first-order chi connectivity index (χ1) is 15.5. The van der Waals surface area contributed by atoms with Crippen LogP contribution in [0.2, 0.25) is 0 Å². The Bertz CT molecular complexity index is 1250. The van der Waals surface area contributed by atoms with E-state index < -0.39 is 0 Å². The maximum Gasteiger partial charge on any atom is 0.263 e. The van der Waals surface area contributed by atoms with Gasteiger partial charge in [0.1, 0.15) is 0 Å². The van der Waals surface area contributed by atoms with Gasteiger partial charge in [0.2, 0.25) is 5.95 Å². The van der Waals surface area contributed by atoms with Crippen LogP contribution in [0.4, 0.5) is 5.95 Å². The molecule has 0 aliphatic rings. The summed E-state index contributed by atoms with van der Waals surface area (Å²) in [6.45, 7) is 2.51. The number of benzene rings is 2. The van der Waals surface area contributed by atoms with Gasteiger partial charge < -0.3 is 11.1 Å². The number of aromatic nitrogens is 3. The van der Waals surface area contributed by atoms with Crippen LogP contribution >= 0.6 is 0 Å². The number of pyridine rings is 1. The number of hydrogen-bond acceptors (Lipinski definition) is 5. The number of rotatable bonds is 7. The van der Waals surface area contributed by atoms with E-state index in [0.717, 1.165) is 23.1 Å². The van der Waals surface area contributed by atoms with Crippen molar-refractivity contribution >= 4 is 5.95 Å². The molecular weight excluding hydrogens is 398 g/mol. The quantitative estimate of drug-likeness (QED) is 0.470. The van der Waals surface area contributed by atoms with Crippen LogP contribution < -0.4 is 16.6 Å². The van der Waals surface area contributed by atoms with Crippen LogP contribution in [0.25, 0.3) is 22.4 Å². The van der Waals surface area contributed by atoms with E-state index in [4.69, 9.17) is 10.7 Å². The molecule has 0 amide bonds. The zero-order chi connectivity index (χ0) is 22.5. The molecule has 0 fully saturated rings. The van der Waals surface area contributed by atoms with Gasteiger partial charge in [-0.1, -0.05) is 60.2 Å². The van der Waals surface area contributed by atoms with Gasteiger partial charge in [-0.05, 0) is 36.6 Å². The lowest BCUT2D eigenvalue weighted by molar-refractivity contribution is 0.688. The van der Waals surface area contributed by atoms with Gasteiger partial charge in [-0.15, -0.1) is 0 Å². The molecule has 0 bridgehead atoms. The molecule has 2 heterocycles. The minimum atomic E-state index is -0.116. The Morgan fingerprint density at radius 3 is 2.47 bits per heavy atom. The maximum atomic E-state index is 13.5. The van der Waals surface area contributed by atoms with Gasteiger partial charge in [0.25, 0.3) is 5.56 Å². The summed E-state index contributed by atoms with van der Waals surface area (Å²) in [4.78, 5) is 22.4. The first-order valence-electron chi connectivity index (χ1n) is 10.6. The molecule has 162 valence electrons. The van der Waals surface area contributed by atoms with Crippen molar-refractivity contribution in [1.82, 2.24) is 14.5 Å². The molecular formula is C26H27N5O. The second-order valence-electron chi connectivity index (χ2n) is 7.96. The zero-order valence-electron chi connectivity index (χ0n) is 18.3. The predicted octanol–water partition coefficient (Wildman–Crippen LogP) is 3.80. The molecule has 0 aliphatic heterocycles. The Kier molecular flexibility index (Phi) is 6.42. The highest BCUT2D eigenvalue weighted by atomic mass is 16.1. The summed E-state index contributed by atoms with van der Waals surface area (Å²) in [5, 5.41) is 3.29. The Hall–Kier alpha value is -3.77. The van der Waals surface area contributed by atoms with Crippen molar-refractivity contribution in [3.8, 4) is 22.4 Å². The fourth-order valence-electron chi connectivity index (χ4n) is 3.75. The smallest absolute Gasteiger partial charge is 0.263 e. The van der Waals surface area contributed by atoms with E-state index in [2.05, 4.69) is 22.4 Å². The Balaban J connectivity index is 1.70. The molecule has 6 heteroatoms. The van der Waals surface area contributed by atoms with E-state index in [1.165, 1.54) is 5.56 Å². The highest BCUT2D eigenvalue weighted by Crippen LogP contribution is 2.29. The van der Waals surface area contributed by atoms with E-state index in [9.17, 15) is 4.79 Å². The van der Waals surface area contributed by atoms with E-state index >= 15 is 0 Å². The average molecular weight is 426 g/mol. The Morgan fingerprint density at radius 2 is 1.75 bits per heavy atom. The molecule has 0 saturated heterocycles. The summed E-state index contributed by atoms with van der Waals surface area (Å²) in [6, 6.07) is 21.7. The van der Waals surface area contributed by atoms with Crippen molar-refractivity contribution in [3.63, 3.8) is 0 Å². The van der Waals surface area contributed by atoms with Crippen molar-refractivity contribution in [2.45, 2.75) is 19.4 Å². The second kappa shape index (κ2) is 9.58. The molecule has 0 aliphatic carbocycles. The molecule has 0 unspecified atom stereocenters. The molecule has 0 radical (unpaired) electrons. The number of nitrogens with zero attached hydrogens (tertiary/aromatic N) is 3. The van der Waals surface area contributed by atoms with E-state index in [1.54, 1.807) is 24.0 Å². The van der Waals surface area contributed by atoms with E-state index in [-0.39, 0.29) is 11.6 Å². The Morgan fingerprint density at radius 1 is 1.00 bits per heavy atom. The second-order valence-corrected chi connectivity index (χ2v) is 7.96. The predicted molar refractivity (Wildman–Crippen MR) is 129 cm³/mol. The van der Waals surface area contributed by atoms with E-state index in [0.29, 0.717) is 23.8 Å².